The minimum absolute atomic E-state index is 0.323. The summed E-state index contributed by atoms with van der Waals surface area (Å²) in [6, 6.07) is 2.47. The minimum Gasteiger partial charge on any atom is -0.303 e. The second-order valence-corrected chi connectivity index (χ2v) is 4.56. The van der Waals surface area contributed by atoms with Gasteiger partial charge in [0.1, 0.15) is 5.54 Å². The molecule has 0 saturated carbocycles. The third kappa shape index (κ3) is 3.62. The normalized spacial score (nSPS) is 27.0. The van der Waals surface area contributed by atoms with E-state index in [-0.39, 0.29) is 5.54 Å². The Morgan fingerprint density at radius 2 is 2.31 bits per heavy atom. The summed E-state index contributed by atoms with van der Waals surface area (Å²) in [5.74, 6) is 0. The molecule has 1 atom stereocenters. The molecule has 0 aromatic heterocycles. The Bertz CT molecular complexity index is 256. The van der Waals surface area contributed by atoms with E-state index in [9.17, 15) is 5.26 Å². The van der Waals surface area contributed by atoms with E-state index >= 15 is 0 Å². The first-order valence-electron chi connectivity index (χ1n) is 6.26. The summed E-state index contributed by atoms with van der Waals surface area (Å²) in [6.45, 7) is 9.95. The van der Waals surface area contributed by atoms with Crippen LogP contribution in [0.5, 0.6) is 0 Å². The van der Waals surface area contributed by atoms with Crippen LogP contribution < -0.4 is 5.32 Å². The van der Waals surface area contributed by atoms with E-state index in [4.69, 9.17) is 0 Å². The van der Waals surface area contributed by atoms with Crippen molar-refractivity contribution in [3.63, 3.8) is 0 Å². The number of rotatable bonds is 5. The van der Waals surface area contributed by atoms with E-state index in [0.29, 0.717) is 0 Å². The first kappa shape index (κ1) is 13.2. The lowest BCUT2D eigenvalue weighted by Gasteiger charge is -2.26. The first-order chi connectivity index (χ1) is 7.76. The average molecular weight is 221 g/mol. The number of nitriles is 1. The van der Waals surface area contributed by atoms with E-state index in [0.717, 1.165) is 45.4 Å². The van der Waals surface area contributed by atoms with Gasteiger partial charge in [0, 0.05) is 13.1 Å². The molecule has 1 N–H and O–H groups in total. The van der Waals surface area contributed by atoms with Crippen molar-refractivity contribution < 1.29 is 0 Å². The fourth-order valence-corrected chi connectivity index (χ4v) is 2.33. The van der Waals surface area contributed by atoms with Gasteiger partial charge in [-0.3, -0.25) is 5.32 Å². The van der Waals surface area contributed by atoms with Crippen molar-refractivity contribution in [3.8, 4) is 6.07 Å². The van der Waals surface area contributed by atoms with Crippen molar-refractivity contribution in [2.24, 2.45) is 0 Å². The summed E-state index contributed by atoms with van der Waals surface area (Å²) in [4.78, 5) is 2.47. The van der Waals surface area contributed by atoms with E-state index in [1.54, 1.807) is 0 Å². The Hall–Kier alpha value is -0.850. The highest BCUT2D eigenvalue weighted by molar-refractivity contribution is 5.09. The first-order valence-corrected chi connectivity index (χ1v) is 6.26. The number of nitrogens with zero attached hydrogens (tertiary/aromatic N) is 2. The molecule has 0 aliphatic carbocycles. The third-order valence-corrected chi connectivity index (χ3v) is 3.27. The van der Waals surface area contributed by atoms with Gasteiger partial charge in [-0.2, -0.15) is 5.26 Å². The summed E-state index contributed by atoms with van der Waals surface area (Å²) in [6.07, 6.45) is 6.01. The summed E-state index contributed by atoms with van der Waals surface area (Å²) in [7, 11) is 0. The predicted octanol–water partition coefficient (Wildman–Crippen LogP) is 1.92. The summed E-state index contributed by atoms with van der Waals surface area (Å²) >= 11 is 0. The van der Waals surface area contributed by atoms with Gasteiger partial charge in [0.2, 0.25) is 0 Å². The Kier molecular flexibility index (Phi) is 5.51. The SMILES string of the molecule is C=CCNC1(C#N)CCCN(CCC)CC1. The summed E-state index contributed by atoms with van der Waals surface area (Å²) in [5, 5.41) is 12.7. The molecule has 1 heterocycles. The fraction of sp³-hybridized carbons (Fsp3) is 0.769. The van der Waals surface area contributed by atoms with Crippen LogP contribution in [0.2, 0.25) is 0 Å². The number of likely N-dealkylation sites (tertiary alicyclic amines) is 1. The lowest BCUT2D eigenvalue weighted by molar-refractivity contribution is 0.277. The third-order valence-electron chi connectivity index (χ3n) is 3.27. The molecule has 1 aliphatic heterocycles. The zero-order valence-electron chi connectivity index (χ0n) is 10.3. The quantitative estimate of drug-likeness (QED) is 0.721. The van der Waals surface area contributed by atoms with Crippen LogP contribution in [0.4, 0.5) is 0 Å². The average Bonchev–Trinajstić information content (AvgIpc) is 2.51. The zero-order valence-corrected chi connectivity index (χ0v) is 10.3. The van der Waals surface area contributed by atoms with Crippen LogP contribution in [-0.4, -0.2) is 36.6 Å². The molecule has 0 bridgehead atoms. The van der Waals surface area contributed by atoms with Crippen LogP contribution in [0.15, 0.2) is 12.7 Å². The monoisotopic (exact) mass is 221 g/mol. The Morgan fingerprint density at radius 1 is 1.50 bits per heavy atom. The van der Waals surface area contributed by atoms with Gasteiger partial charge in [-0.15, -0.1) is 6.58 Å². The van der Waals surface area contributed by atoms with Gasteiger partial charge in [-0.25, -0.2) is 0 Å². The van der Waals surface area contributed by atoms with Crippen LogP contribution >= 0.6 is 0 Å². The molecule has 16 heavy (non-hydrogen) atoms. The molecule has 1 unspecified atom stereocenters. The van der Waals surface area contributed by atoms with Crippen molar-refractivity contribution >= 4 is 0 Å². The van der Waals surface area contributed by atoms with Crippen LogP contribution in [0, 0.1) is 11.3 Å². The van der Waals surface area contributed by atoms with Crippen LogP contribution in [-0.2, 0) is 0 Å². The molecule has 1 rings (SSSR count). The number of nitrogens with one attached hydrogen (secondary N) is 1. The van der Waals surface area contributed by atoms with E-state index in [1.807, 2.05) is 6.08 Å². The van der Waals surface area contributed by atoms with E-state index in [2.05, 4.69) is 29.8 Å². The molecule has 0 radical (unpaired) electrons. The molecule has 0 aromatic carbocycles. The second-order valence-electron chi connectivity index (χ2n) is 4.56. The molecule has 0 aromatic rings. The van der Waals surface area contributed by atoms with Gasteiger partial charge in [0.25, 0.3) is 0 Å². The van der Waals surface area contributed by atoms with Crippen LogP contribution in [0.3, 0.4) is 0 Å². The molecule has 3 nitrogen and oxygen atoms in total. The van der Waals surface area contributed by atoms with Crippen molar-refractivity contribution in [1.29, 1.82) is 5.26 Å². The molecule has 90 valence electrons. The second kappa shape index (κ2) is 6.67. The maximum absolute atomic E-state index is 9.34. The molecule has 0 spiro atoms. The Morgan fingerprint density at radius 3 is 2.94 bits per heavy atom. The molecule has 1 saturated heterocycles. The van der Waals surface area contributed by atoms with Crippen molar-refractivity contribution in [2.75, 3.05) is 26.2 Å². The van der Waals surface area contributed by atoms with Gasteiger partial charge < -0.3 is 4.90 Å². The topological polar surface area (TPSA) is 39.1 Å². The standard InChI is InChI=1S/C13H23N3/c1-3-8-15-13(12-14)6-5-10-16(9-4-2)11-7-13/h3,15H,1,4-11H2,2H3. The highest BCUT2D eigenvalue weighted by Crippen LogP contribution is 2.21. The minimum atomic E-state index is -0.323. The summed E-state index contributed by atoms with van der Waals surface area (Å²) in [5.41, 5.74) is -0.323. The van der Waals surface area contributed by atoms with Crippen molar-refractivity contribution in [3.05, 3.63) is 12.7 Å². The molecule has 3 heteroatoms. The fourth-order valence-electron chi connectivity index (χ4n) is 2.33. The Balaban J connectivity index is 2.54. The van der Waals surface area contributed by atoms with E-state index < -0.39 is 0 Å². The largest absolute Gasteiger partial charge is 0.303 e. The van der Waals surface area contributed by atoms with E-state index in [1.165, 1.54) is 6.42 Å². The number of hydrogen-bond acceptors (Lipinski definition) is 3. The zero-order chi connectivity index (χ0) is 11.9. The lowest BCUT2D eigenvalue weighted by atomic mass is 9.92. The maximum atomic E-state index is 9.34. The highest BCUT2D eigenvalue weighted by Gasteiger charge is 2.31. The maximum Gasteiger partial charge on any atom is 0.108 e. The van der Waals surface area contributed by atoms with Gasteiger partial charge in [-0.1, -0.05) is 13.0 Å². The van der Waals surface area contributed by atoms with Gasteiger partial charge >= 0.3 is 0 Å². The lowest BCUT2D eigenvalue weighted by Crippen LogP contribution is -2.44. The molecule has 0 amide bonds. The molecular formula is C13H23N3. The Labute approximate surface area is 99.1 Å². The molecule has 1 aliphatic rings. The predicted molar refractivity (Wildman–Crippen MR) is 67.1 cm³/mol. The number of hydrogen-bond donors (Lipinski definition) is 1. The summed E-state index contributed by atoms with van der Waals surface area (Å²) < 4.78 is 0. The van der Waals surface area contributed by atoms with Gasteiger partial charge in [0.15, 0.2) is 0 Å². The molecular weight excluding hydrogens is 198 g/mol. The highest BCUT2D eigenvalue weighted by atomic mass is 15.1. The van der Waals surface area contributed by atoms with Crippen LogP contribution in [0.1, 0.15) is 32.6 Å². The van der Waals surface area contributed by atoms with Crippen LogP contribution in [0.25, 0.3) is 0 Å². The van der Waals surface area contributed by atoms with Crippen molar-refractivity contribution in [1.82, 2.24) is 10.2 Å². The smallest absolute Gasteiger partial charge is 0.108 e. The van der Waals surface area contributed by atoms with Crippen molar-refractivity contribution in [2.45, 2.75) is 38.1 Å². The molecule has 1 fully saturated rings. The van der Waals surface area contributed by atoms with Gasteiger partial charge in [0.05, 0.1) is 6.07 Å². The van der Waals surface area contributed by atoms with Gasteiger partial charge in [-0.05, 0) is 38.8 Å².